The monoisotopic (exact) mass is 288 g/mol. The predicted molar refractivity (Wildman–Crippen MR) is 81.6 cm³/mol. The van der Waals surface area contributed by atoms with Gasteiger partial charge in [0.25, 0.3) is 0 Å². The molecule has 112 valence electrons. The molecule has 0 radical (unpaired) electrons. The minimum Gasteiger partial charge on any atom is -0.356 e. The maximum absolute atomic E-state index is 12.0. The highest BCUT2D eigenvalue weighted by Crippen LogP contribution is 2.47. The summed E-state index contributed by atoms with van der Waals surface area (Å²) < 4.78 is 0. The number of carbonyl (C=O) groups is 1. The van der Waals surface area contributed by atoms with Gasteiger partial charge in [0.15, 0.2) is 0 Å². The van der Waals surface area contributed by atoms with Crippen molar-refractivity contribution in [2.75, 3.05) is 19.6 Å². The molecule has 2 unspecified atom stereocenters. The van der Waals surface area contributed by atoms with E-state index in [2.05, 4.69) is 24.5 Å². The number of halogens is 1. The van der Waals surface area contributed by atoms with Gasteiger partial charge >= 0.3 is 0 Å². The van der Waals surface area contributed by atoms with E-state index in [0.717, 1.165) is 19.6 Å². The van der Waals surface area contributed by atoms with Crippen molar-refractivity contribution in [2.24, 2.45) is 17.3 Å². The molecule has 1 saturated heterocycles. The van der Waals surface area contributed by atoms with Gasteiger partial charge in [-0.05, 0) is 62.4 Å². The van der Waals surface area contributed by atoms with Crippen LogP contribution in [-0.2, 0) is 4.79 Å². The Morgan fingerprint density at radius 2 is 2.21 bits per heavy atom. The third kappa shape index (κ3) is 4.96. The molecular formula is C15H29ClN2O. The second kappa shape index (κ2) is 7.49. The fourth-order valence-corrected chi connectivity index (χ4v) is 3.01. The summed E-state index contributed by atoms with van der Waals surface area (Å²) in [6.45, 7) is 7.60. The lowest BCUT2D eigenvalue weighted by atomic mass is 9.85. The Morgan fingerprint density at radius 1 is 1.47 bits per heavy atom. The molecule has 1 aliphatic heterocycles. The molecule has 2 fully saturated rings. The van der Waals surface area contributed by atoms with Gasteiger partial charge in [-0.25, -0.2) is 0 Å². The molecule has 0 aromatic carbocycles. The van der Waals surface area contributed by atoms with Gasteiger partial charge in [-0.15, -0.1) is 12.4 Å². The summed E-state index contributed by atoms with van der Waals surface area (Å²) in [5.41, 5.74) is 0.464. The molecule has 0 aromatic heterocycles. The fraction of sp³-hybridized carbons (Fsp3) is 0.933. The second-order valence-electron chi connectivity index (χ2n) is 6.42. The number of rotatable bonds is 6. The molecule has 0 aromatic rings. The van der Waals surface area contributed by atoms with E-state index in [-0.39, 0.29) is 18.3 Å². The van der Waals surface area contributed by atoms with Crippen LogP contribution < -0.4 is 10.6 Å². The topological polar surface area (TPSA) is 41.1 Å². The minimum absolute atomic E-state index is 0. The quantitative estimate of drug-likeness (QED) is 0.789. The van der Waals surface area contributed by atoms with Crippen molar-refractivity contribution in [1.82, 2.24) is 10.6 Å². The summed E-state index contributed by atoms with van der Waals surface area (Å²) in [5.74, 6) is 1.45. The average Bonchev–Trinajstić information content (AvgIpc) is 3.18. The van der Waals surface area contributed by atoms with Gasteiger partial charge in [-0.1, -0.05) is 13.8 Å². The first-order chi connectivity index (χ1) is 8.65. The zero-order chi connectivity index (χ0) is 13.0. The maximum atomic E-state index is 12.0. The van der Waals surface area contributed by atoms with Gasteiger partial charge < -0.3 is 10.6 Å². The van der Waals surface area contributed by atoms with E-state index in [1.54, 1.807) is 0 Å². The van der Waals surface area contributed by atoms with Gasteiger partial charge in [0.05, 0.1) is 0 Å². The molecule has 19 heavy (non-hydrogen) atoms. The van der Waals surface area contributed by atoms with Crippen LogP contribution in [0.3, 0.4) is 0 Å². The van der Waals surface area contributed by atoms with Crippen LogP contribution >= 0.6 is 12.4 Å². The molecule has 1 aliphatic carbocycles. The lowest BCUT2D eigenvalue weighted by Crippen LogP contribution is -2.36. The van der Waals surface area contributed by atoms with E-state index in [1.165, 1.54) is 32.1 Å². The van der Waals surface area contributed by atoms with E-state index >= 15 is 0 Å². The molecule has 3 nitrogen and oxygen atoms in total. The molecule has 2 aliphatic rings. The van der Waals surface area contributed by atoms with Crippen molar-refractivity contribution >= 4 is 18.3 Å². The summed E-state index contributed by atoms with van der Waals surface area (Å²) in [6, 6.07) is 0. The molecule has 2 N–H and O–H groups in total. The second-order valence-corrected chi connectivity index (χ2v) is 6.42. The summed E-state index contributed by atoms with van der Waals surface area (Å²) in [4.78, 5) is 12.0. The van der Waals surface area contributed by atoms with Crippen LogP contribution in [0.15, 0.2) is 0 Å². The molecule has 1 heterocycles. The average molecular weight is 289 g/mol. The Morgan fingerprint density at radius 3 is 2.74 bits per heavy atom. The van der Waals surface area contributed by atoms with E-state index in [0.29, 0.717) is 23.7 Å². The molecule has 1 saturated carbocycles. The number of carbonyl (C=O) groups excluding carboxylic acids is 1. The van der Waals surface area contributed by atoms with E-state index in [9.17, 15) is 4.79 Å². The normalized spacial score (nSPS) is 26.1. The highest BCUT2D eigenvalue weighted by atomic mass is 35.5. The molecule has 0 spiro atoms. The van der Waals surface area contributed by atoms with Gasteiger partial charge in [0, 0.05) is 13.0 Å². The SMILES string of the molecule is CCC1(CNC(=O)CC(C)C2CCCNC2)CC1.Cl. The predicted octanol–water partition coefficient (Wildman–Crippen LogP) is 2.74. The lowest BCUT2D eigenvalue weighted by molar-refractivity contribution is -0.122. The van der Waals surface area contributed by atoms with Gasteiger partial charge in [0.2, 0.25) is 5.91 Å². The molecule has 1 amide bonds. The number of hydrogen-bond acceptors (Lipinski definition) is 2. The van der Waals surface area contributed by atoms with Crippen molar-refractivity contribution < 1.29 is 4.79 Å². The highest BCUT2D eigenvalue weighted by molar-refractivity contribution is 5.85. The largest absolute Gasteiger partial charge is 0.356 e. The smallest absolute Gasteiger partial charge is 0.220 e. The van der Waals surface area contributed by atoms with E-state index in [4.69, 9.17) is 0 Å². The Bertz CT molecular complexity index is 286. The zero-order valence-corrected chi connectivity index (χ0v) is 13.2. The molecule has 4 heteroatoms. The lowest BCUT2D eigenvalue weighted by Gasteiger charge is -2.28. The van der Waals surface area contributed by atoms with Gasteiger partial charge in [-0.3, -0.25) is 4.79 Å². The van der Waals surface area contributed by atoms with Gasteiger partial charge in [-0.2, -0.15) is 0 Å². The van der Waals surface area contributed by atoms with Crippen molar-refractivity contribution in [3.63, 3.8) is 0 Å². The number of piperidine rings is 1. The first kappa shape index (κ1) is 16.8. The summed E-state index contributed by atoms with van der Waals surface area (Å²) in [5, 5.41) is 6.58. The van der Waals surface area contributed by atoms with Crippen LogP contribution in [0.5, 0.6) is 0 Å². The van der Waals surface area contributed by atoms with Crippen molar-refractivity contribution in [2.45, 2.75) is 52.4 Å². The first-order valence-corrected chi connectivity index (χ1v) is 7.63. The van der Waals surface area contributed by atoms with Crippen LogP contribution in [0.4, 0.5) is 0 Å². The number of nitrogens with one attached hydrogen (secondary N) is 2. The van der Waals surface area contributed by atoms with Crippen LogP contribution in [0.2, 0.25) is 0 Å². The van der Waals surface area contributed by atoms with E-state index < -0.39 is 0 Å². The van der Waals surface area contributed by atoms with Crippen LogP contribution in [0.1, 0.15) is 52.4 Å². The summed E-state index contributed by atoms with van der Waals surface area (Å²) in [6.07, 6.45) is 7.04. The van der Waals surface area contributed by atoms with Crippen LogP contribution in [0, 0.1) is 17.3 Å². The molecule has 2 atom stereocenters. The van der Waals surface area contributed by atoms with Crippen molar-refractivity contribution in [3.8, 4) is 0 Å². The van der Waals surface area contributed by atoms with Crippen molar-refractivity contribution in [1.29, 1.82) is 0 Å². The summed E-state index contributed by atoms with van der Waals surface area (Å²) >= 11 is 0. The first-order valence-electron chi connectivity index (χ1n) is 7.63. The summed E-state index contributed by atoms with van der Waals surface area (Å²) in [7, 11) is 0. The molecule has 0 bridgehead atoms. The number of amides is 1. The molecule has 2 rings (SSSR count). The highest BCUT2D eigenvalue weighted by Gasteiger charge is 2.40. The third-order valence-electron chi connectivity index (χ3n) is 5.01. The Kier molecular flexibility index (Phi) is 6.61. The number of hydrogen-bond donors (Lipinski definition) is 2. The van der Waals surface area contributed by atoms with E-state index in [1.807, 2.05) is 0 Å². The minimum atomic E-state index is 0. The third-order valence-corrected chi connectivity index (χ3v) is 5.01. The van der Waals surface area contributed by atoms with Crippen LogP contribution in [0.25, 0.3) is 0 Å². The van der Waals surface area contributed by atoms with Crippen molar-refractivity contribution in [3.05, 3.63) is 0 Å². The Labute approximate surface area is 123 Å². The standard InChI is InChI=1S/C15H28N2O.ClH/c1-3-15(6-7-15)11-17-14(18)9-12(2)13-5-4-8-16-10-13;/h12-13,16H,3-11H2,1-2H3,(H,17,18);1H. The van der Waals surface area contributed by atoms with Gasteiger partial charge in [0.1, 0.15) is 0 Å². The maximum Gasteiger partial charge on any atom is 0.220 e. The Balaban J connectivity index is 0.00000180. The Hall–Kier alpha value is -0.280. The van der Waals surface area contributed by atoms with Crippen LogP contribution in [-0.4, -0.2) is 25.5 Å². The molecular weight excluding hydrogens is 260 g/mol. The zero-order valence-electron chi connectivity index (χ0n) is 12.3. The fourth-order valence-electron chi connectivity index (χ4n) is 3.01.